The van der Waals surface area contributed by atoms with E-state index in [1.54, 1.807) is 24.3 Å². The third kappa shape index (κ3) is 5.89. The highest BCUT2D eigenvalue weighted by atomic mass is 16.5. The zero-order valence-corrected chi connectivity index (χ0v) is 15.6. The lowest BCUT2D eigenvalue weighted by Gasteiger charge is -2.12. The zero-order chi connectivity index (χ0) is 19.6. The van der Waals surface area contributed by atoms with Gasteiger partial charge in [-0.15, -0.1) is 0 Å². The van der Waals surface area contributed by atoms with Crippen molar-refractivity contribution in [2.75, 3.05) is 13.2 Å². The van der Waals surface area contributed by atoms with E-state index >= 15 is 0 Å². The minimum Gasteiger partial charge on any atom is -0.490 e. The van der Waals surface area contributed by atoms with Gasteiger partial charge in [0, 0.05) is 5.56 Å². The maximum Gasteiger partial charge on any atom is 0.259 e. The molecule has 0 saturated carbocycles. The molecule has 0 saturated heterocycles. The van der Waals surface area contributed by atoms with Crippen molar-refractivity contribution in [1.82, 2.24) is 0 Å². The Kier molecular flexibility index (Phi) is 7.45. The van der Waals surface area contributed by atoms with Gasteiger partial charge in [-0.3, -0.25) is 4.79 Å². The number of nitrogens with two attached hydrogens (primary N) is 1. The highest BCUT2D eigenvalue weighted by Gasteiger charge is 2.07. The number of nitrogens with zero attached hydrogens (tertiary/aromatic N) is 1. The molecule has 5 nitrogen and oxygen atoms in total. The summed E-state index contributed by atoms with van der Waals surface area (Å²) in [6, 6.07) is 17.0. The third-order valence-corrected chi connectivity index (χ3v) is 4.28. The number of nitriles is 1. The molecule has 0 aliphatic carbocycles. The SMILES string of the molecule is CCC(C)c1ccc(OCCOc2ccccc2/C=C(/C#N)C(N)=O)cc1. The summed E-state index contributed by atoms with van der Waals surface area (Å²) in [5.41, 5.74) is 6.97. The average molecular weight is 364 g/mol. The van der Waals surface area contributed by atoms with Crippen molar-refractivity contribution in [2.24, 2.45) is 5.73 Å². The topological polar surface area (TPSA) is 85.3 Å². The lowest BCUT2D eigenvalue weighted by atomic mass is 9.99. The number of hydrogen-bond acceptors (Lipinski definition) is 4. The van der Waals surface area contributed by atoms with Gasteiger partial charge in [0.25, 0.3) is 5.91 Å². The van der Waals surface area contributed by atoms with Crippen LogP contribution in [0.15, 0.2) is 54.1 Å². The van der Waals surface area contributed by atoms with Crippen LogP contribution in [0.1, 0.15) is 37.3 Å². The molecule has 0 spiro atoms. The van der Waals surface area contributed by atoms with Crippen LogP contribution in [0.5, 0.6) is 11.5 Å². The van der Waals surface area contributed by atoms with E-state index in [1.807, 2.05) is 18.2 Å². The number of primary amides is 1. The molecule has 0 aliphatic heterocycles. The number of para-hydroxylation sites is 1. The smallest absolute Gasteiger partial charge is 0.259 e. The maximum atomic E-state index is 11.2. The van der Waals surface area contributed by atoms with Gasteiger partial charge in [0.1, 0.15) is 36.4 Å². The summed E-state index contributed by atoms with van der Waals surface area (Å²) in [7, 11) is 0. The summed E-state index contributed by atoms with van der Waals surface area (Å²) >= 11 is 0. The van der Waals surface area contributed by atoms with Crippen LogP contribution in [-0.4, -0.2) is 19.1 Å². The predicted molar refractivity (Wildman–Crippen MR) is 105 cm³/mol. The lowest BCUT2D eigenvalue weighted by Crippen LogP contribution is -2.13. The first-order valence-corrected chi connectivity index (χ1v) is 8.91. The van der Waals surface area contributed by atoms with Gasteiger partial charge in [-0.25, -0.2) is 0 Å². The van der Waals surface area contributed by atoms with E-state index < -0.39 is 5.91 Å². The Morgan fingerprint density at radius 3 is 2.44 bits per heavy atom. The number of rotatable bonds is 9. The number of hydrogen-bond donors (Lipinski definition) is 1. The van der Waals surface area contributed by atoms with Crippen molar-refractivity contribution in [3.8, 4) is 17.6 Å². The van der Waals surface area contributed by atoms with E-state index in [0.29, 0.717) is 30.4 Å². The van der Waals surface area contributed by atoms with E-state index in [9.17, 15) is 4.79 Å². The second kappa shape index (κ2) is 10.0. The molecule has 1 atom stereocenters. The minimum atomic E-state index is -0.767. The van der Waals surface area contributed by atoms with Gasteiger partial charge >= 0.3 is 0 Å². The Bertz CT molecular complexity index is 835. The normalized spacial score (nSPS) is 12.1. The van der Waals surface area contributed by atoms with Gasteiger partial charge < -0.3 is 15.2 Å². The number of carbonyl (C=O) groups is 1. The van der Waals surface area contributed by atoms with Crippen LogP contribution in [0.25, 0.3) is 6.08 Å². The van der Waals surface area contributed by atoms with Crippen molar-refractivity contribution in [3.05, 3.63) is 65.2 Å². The second-order valence-electron chi connectivity index (χ2n) is 6.15. The molecule has 0 aromatic heterocycles. The van der Waals surface area contributed by atoms with Gasteiger partial charge in [0.2, 0.25) is 0 Å². The highest BCUT2D eigenvalue weighted by Crippen LogP contribution is 2.22. The van der Waals surface area contributed by atoms with E-state index in [2.05, 4.69) is 26.0 Å². The zero-order valence-electron chi connectivity index (χ0n) is 15.6. The second-order valence-corrected chi connectivity index (χ2v) is 6.15. The number of benzene rings is 2. The summed E-state index contributed by atoms with van der Waals surface area (Å²) in [5.74, 6) is 1.11. The van der Waals surface area contributed by atoms with Gasteiger partial charge in [0.05, 0.1) is 0 Å². The fraction of sp³-hybridized carbons (Fsp3) is 0.273. The molecule has 1 unspecified atom stereocenters. The molecule has 0 radical (unpaired) electrons. The Morgan fingerprint density at radius 2 is 1.81 bits per heavy atom. The molecule has 2 N–H and O–H groups in total. The van der Waals surface area contributed by atoms with Gasteiger partial charge in [-0.05, 0) is 42.2 Å². The molecule has 5 heteroatoms. The van der Waals surface area contributed by atoms with Crippen LogP contribution < -0.4 is 15.2 Å². The largest absolute Gasteiger partial charge is 0.490 e. The summed E-state index contributed by atoms with van der Waals surface area (Å²) in [5, 5.41) is 8.98. The van der Waals surface area contributed by atoms with Gasteiger partial charge in [-0.2, -0.15) is 5.26 Å². The molecule has 0 aliphatic rings. The van der Waals surface area contributed by atoms with Crippen molar-refractivity contribution < 1.29 is 14.3 Å². The molecule has 2 rings (SSSR count). The average Bonchev–Trinajstić information content (AvgIpc) is 2.69. The molecule has 0 fully saturated rings. The van der Waals surface area contributed by atoms with Crippen LogP contribution in [-0.2, 0) is 4.79 Å². The van der Waals surface area contributed by atoms with Crippen LogP contribution in [0, 0.1) is 11.3 Å². The lowest BCUT2D eigenvalue weighted by molar-refractivity contribution is -0.114. The monoisotopic (exact) mass is 364 g/mol. The predicted octanol–water partition coefficient (Wildman–Crippen LogP) is 4.05. The minimum absolute atomic E-state index is 0.122. The van der Waals surface area contributed by atoms with Gasteiger partial charge in [-0.1, -0.05) is 44.2 Å². The molecule has 2 aromatic carbocycles. The van der Waals surface area contributed by atoms with Crippen LogP contribution in [0.3, 0.4) is 0 Å². The van der Waals surface area contributed by atoms with E-state index in [1.165, 1.54) is 11.6 Å². The first-order valence-electron chi connectivity index (χ1n) is 8.91. The Morgan fingerprint density at radius 1 is 1.15 bits per heavy atom. The number of carbonyl (C=O) groups excluding carboxylic acids is 1. The molecular weight excluding hydrogens is 340 g/mol. The van der Waals surface area contributed by atoms with Crippen molar-refractivity contribution in [3.63, 3.8) is 0 Å². The fourth-order valence-corrected chi connectivity index (χ4v) is 2.48. The standard InChI is InChI=1S/C22H24N2O3/c1-3-16(2)17-8-10-20(11-9-17)26-12-13-27-21-7-5-4-6-18(21)14-19(15-23)22(24)25/h4-11,14,16H,3,12-13H2,1-2H3,(H2,24,25)/b19-14-. The van der Waals surface area contributed by atoms with Crippen LogP contribution in [0.4, 0.5) is 0 Å². The van der Waals surface area contributed by atoms with Crippen molar-refractivity contribution in [1.29, 1.82) is 5.26 Å². The summed E-state index contributed by atoms with van der Waals surface area (Å²) in [4.78, 5) is 11.2. The molecule has 140 valence electrons. The summed E-state index contributed by atoms with van der Waals surface area (Å²) in [6.07, 6.45) is 2.53. The molecular formula is C22H24N2O3. The number of amides is 1. The van der Waals surface area contributed by atoms with Crippen molar-refractivity contribution >= 4 is 12.0 Å². The quantitative estimate of drug-likeness (QED) is 0.413. The first kappa shape index (κ1) is 20.1. The first-order chi connectivity index (χ1) is 13.0. The van der Waals surface area contributed by atoms with Crippen molar-refractivity contribution in [2.45, 2.75) is 26.2 Å². The van der Waals surface area contributed by atoms with Crippen LogP contribution >= 0.6 is 0 Å². The maximum absolute atomic E-state index is 11.2. The summed E-state index contributed by atoms with van der Waals surface area (Å²) < 4.78 is 11.4. The molecule has 0 heterocycles. The highest BCUT2D eigenvalue weighted by molar-refractivity contribution is 6.00. The Balaban J connectivity index is 1.93. The summed E-state index contributed by atoms with van der Waals surface area (Å²) in [6.45, 7) is 5.08. The van der Waals surface area contributed by atoms with E-state index in [-0.39, 0.29) is 5.57 Å². The Labute approximate surface area is 160 Å². The van der Waals surface area contributed by atoms with Gasteiger partial charge in [0.15, 0.2) is 0 Å². The molecule has 27 heavy (non-hydrogen) atoms. The molecule has 1 amide bonds. The van der Waals surface area contributed by atoms with E-state index in [4.69, 9.17) is 20.5 Å². The van der Waals surface area contributed by atoms with E-state index in [0.717, 1.165) is 12.2 Å². The molecule has 0 bridgehead atoms. The molecule has 2 aromatic rings. The third-order valence-electron chi connectivity index (χ3n) is 4.28. The van der Waals surface area contributed by atoms with Crippen LogP contribution in [0.2, 0.25) is 0 Å². The Hall–Kier alpha value is -3.26. The fourth-order valence-electron chi connectivity index (χ4n) is 2.48. The number of ether oxygens (including phenoxy) is 2.